The number of thiazole rings is 1. The lowest BCUT2D eigenvalue weighted by molar-refractivity contribution is -0.135. The van der Waals surface area contributed by atoms with Crippen LogP contribution in [0.25, 0.3) is 21.1 Å². The van der Waals surface area contributed by atoms with Gasteiger partial charge < -0.3 is 4.90 Å². The zero-order chi connectivity index (χ0) is 20.5. The molecule has 3 heterocycles. The van der Waals surface area contributed by atoms with Crippen molar-refractivity contribution in [2.45, 2.75) is 38.3 Å². The average Bonchev–Trinajstić information content (AvgIpc) is 3.23. The first-order chi connectivity index (χ1) is 14.7. The molecule has 4 aromatic rings. The number of benzene rings is 2. The van der Waals surface area contributed by atoms with Gasteiger partial charge in [0.1, 0.15) is 10.5 Å². The van der Waals surface area contributed by atoms with Crippen molar-refractivity contribution in [1.29, 1.82) is 0 Å². The Labute approximate surface area is 177 Å². The SMILES string of the molecule is O=C(CCn1nnc2ccccc2c1=O)N1CCCC[C@H]1c1nc2ccccc2s1. The van der Waals surface area contributed by atoms with E-state index in [0.29, 0.717) is 10.9 Å². The molecule has 2 aromatic carbocycles. The zero-order valence-electron chi connectivity index (χ0n) is 16.4. The van der Waals surface area contributed by atoms with E-state index in [0.717, 1.165) is 41.0 Å². The highest BCUT2D eigenvalue weighted by Gasteiger charge is 2.30. The van der Waals surface area contributed by atoms with Crippen LogP contribution in [-0.2, 0) is 11.3 Å². The number of likely N-dealkylation sites (tertiary alicyclic amines) is 1. The summed E-state index contributed by atoms with van der Waals surface area (Å²) in [6.07, 6.45) is 3.21. The molecule has 152 valence electrons. The molecule has 0 aliphatic carbocycles. The van der Waals surface area contributed by atoms with Crippen LogP contribution in [0.3, 0.4) is 0 Å². The van der Waals surface area contributed by atoms with E-state index in [1.54, 1.807) is 29.5 Å². The van der Waals surface area contributed by atoms with E-state index in [1.165, 1.54) is 4.68 Å². The van der Waals surface area contributed by atoms with Gasteiger partial charge in [0.15, 0.2) is 0 Å². The highest BCUT2D eigenvalue weighted by molar-refractivity contribution is 7.18. The molecular weight excluding hydrogens is 398 g/mol. The Kier molecular flexibility index (Phi) is 5.00. The molecule has 0 saturated carbocycles. The van der Waals surface area contributed by atoms with Gasteiger partial charge in [0.25, 0.3) is 5.56 Å². The lowest BCUT2D eigenvalue weighted by Crippen LogP contribution is -2.39. The van der Waals surface area contributed by atoms with E-state index in [4.69, 9.17) is 4.98 Å². The topological polar surface area (TPSA) is 81.0 Å². The minimum atomic E-state index is -0.213. The molecule has 1 amide bonds. The molecule has 8 heteroatoms. The molecule has 30 heavy (non-hydrogen) atoms. The van der Waals surface area contributed by atoms with E-state index < -0.39 is 0 Å². The van der Waals surface area contributed by atoms with Crippen molar-refractivity contribution in [1.82, 2.24) is 24.9 Å². The number of carbonyl (C=O) groups is 1. The normalized spacial score (nSPS) is 16.9. The van der Waals surface area contributed by atoms with Crippen LogP contribution in [0.5, 0.6) is 0 Å². The fourth-order valence-electron chi connectivity index (χ4n) is 4.03. The van der Waals surface area contributed by atoms with Gasteiger partial charge in [-0.2, -0.15) is 0 Å². The summed E-state index contributed by atoms with van der Waals surface area (Å²) in [5, 5.41) is 9.61. The van der Waals surface area contributed by atoms with Crippen LogP contribution in [0.1, 0.15) is 36.7 Å². The van der Waals surface area contributed by atoms with Crippen LogP contribution in [0, 0.1) is 0 Å². The Balaban J connectivity index is 1.35. The second kappa shape index (κ2) is 7.95. The van der Waals surface area contributed by atoms with Crippen LogP contribution in [0.15, 0.2) is 53.3 Å². The maximum atomic E-state index is 13.1. The summed E-state index contributed by atoms with van der Waals surface area (Å²) < 4.78 is 2.43. The second-order valence-electron chi connectivity index (χ2n) is 7.50. The lowest BCUT2D eigenvalue weighted by atomic mass is 10.0. The second-order valence-corrected chi connectivity index (χ2v) is 8.57. The van der Waals surface area contributed by atoms with E-state index in [2.05, 4.69) is 16.4 Å². The molecule has 7 nitrogen and oxygen atoms in total. The Morgan fingerprint density at radius 2 is 1.87 bits per heavy atom. The zero-order valence-corrected chi connectivity index (χ0v) is 17.2. The predicted octanol–water partition coefficient (Wildman–Crippen LogP) is 3.55. The van der Waals surface area contributed by atoms with Gasteiger partial charge in [0.2, 0.25) is 5.91 Å². The Bertz CT molecular complexity index is 1250. The molecule has 1 atom stereocenters. The molecule has 0 unspecified atom stereocenters. The van der Waals surface area contributed by atoms with Crippen LogP contribution in [0.2, 0.25) is 0 Å². The molecule has 1 fully saturated rings. The summed E-state index contributed by atoms with van der Waals surface area (Å²) in [6, 6.07) is 15.2. The summed E-state index contributed by atoms with van der Waals surface area (Å²) in [4.78, 5) is 32.4. The van der Waals surface area contributed by atoms with Gasteiger partial charge >= 0.3 is 0 Å². The minimum Gasteiger partial charge on any atom is -0.333 e. The quantitative estimate of drug-likeness (QED) is 0.505. The van der Waals surface area contributed by atoms with Crippen molar-refractivity contribution in [3.63, 3.8) is 0 Å². The number of rotatable bonds is 4. The molecular formula is C22H21N5O2S. The molecule has 1 saturated heterocycles. The first-order valence-electron chi connectivity index (χ1n) is 10.2. The van der Waals surface area contributed by atoms with Crippen molar-refractivity contribution in [3.8, 4) is 0 Å². The third-order valence-electron chi connectivity index (χ3n) is 5.59. The average molecular weight is 420 g/mol. The number of fused-ring (bicyclic) bond motifs is 2. The predicted molar refractivity (Wildman–Crippen MR) is 116 cm³/mol. The van der Waals surface area contributed by atoms with Gasteiger partial charge in [-0.25, -0.2) is 9.67 Å². The molecule has 0 radical (unpaired) electrons. The third-order valence-corrected chi connectivity index (χ3v) is 6.72. The largest absolute Gasteiger partial charge is 0.333 e. The Hall–Kier alpha value is -3.13. The van der Waals surface area contributed by atoms with E-state index in [-0.39, 0.29) is 30.5 Å². The van der Waals surface area contributed by atoms with Crippen LogP contribution in [0.4, 0.5) is 0 Å². The van der Waals surface area contributed by atoms with Gasteiger partial charge in [-0.1, -0.05) is 29.5 Å². The maximum absolute atomic E-state index is 13.1. The van der Waals surface area contributed by atoms with Crippen molar-refractivity contribution >= 4 is 38.4 Å². The van der Waals surface area contributed by atoms with Gasteiger partial charge in [-0.3, -0.25) is 9.59 Å². The number of hydrogen-bond acceptors (Lipinski definition) is 6. The standard InChI is InChI=1S/C22H21N5O2S/c28-20(12-14-27-22(29)15-7-1-2-8-16(15)24-25-27)26-13-6-5-10-18(26)21-23-17-9-3-4-11-19(17)30-21/h1-4,7-9,11,18H,5-6,10,12-14H2/t18-/m0/s1. The van der Waals surface area contributed by atoms with Crippen molar-refractivity contribution < 1.29 is 4.79 Å². The van der Waals surface area contributed by atoms with Crippen LogP contribution >= 0.6 is 11.3 Å². The number of para-hydroxylation sites is 1. The van der Waals surface area contributed by atoms with Gasteiger partial charge in [0.05, 0.1) is 28.2 Å². The molecule has 5 rings (SSSR count). The number of piperidine rings is 1. The van der Waals surface area contributed by atoms with E-state index in [1.807, 2.05) is 29.2 Å². The number of hydrogen-bond donors (Lipinski definition) is 0. The summed E-state index contributed by atoms with van der Waals surface area (Å²) in [5.41, 5.74) is 1.33. The molecule has 2 aromatic heterocycles. The molecule has 0 N–H and O–H groups in total. The van der Waals surface area contributed by atoms with Crippen molar-refractivity contribution in [2.75, 3.05) is 6.54 Å². The number of nitrogens with zero attached hydrogens (tertiary/aromatic N) is 5. The van der Waals surface area contributed by atoms with Crippen molar-refractivity contribution in [3.05, 3.63) is 63.9 Å². The summed E-state index contributed by atoms with van der Waals surface area (Å²) in [6.45, 7) is 0.941. The number of aromatic nitrogens is 4. The summed E-state index contributed by atoms with van der Waals surface area (Å²) in [5.74, 6) is 0.0285. The minimum absolute atomic E-state index is 0.00283. The lowest BCUT2D eigenvalue weighted by Gasteiger charge is -2.34. The van der Waals surface area contributed by atoms with Crippen LogP contribution < -0.4 is 5.56 Å². The monoisotopic (exact) mass is 419 g/mol. The first-order valence-corrected chi connectivity index (χ1v) is 11.0. The highest BCUT2D eigenvalue weighted by Crippen LogP contribution is 2.35. The fourth-order valence-corrected chi connectivity index (χ4v) is 5.15. The summed E-state index contributed by atoms with van der Waals surface area (Å²) in [7, 11) is 0. The number of carbonyl (C=O) groups excluding carboxylic acids is 1. The molecule has 1 aliphatic rings. The number of amides is 1. The van der Waals surface area contributed by atoms with Gasteiger partial charge in [-0.05, 0) is 43.5 Å². The fraction of sp³-hybridized carbons (Fsp3) is 0.318. The van der Waals surface area contributed by atoms with Crippen LogP contribution in [-0.4, -0.2) is 37.3 Å². The molecule has 0 spiro atoms. The van der Waals surface area contributed by atoms with E-state index >= 15 is 0 Å². The molecule has 0 bridgehead atoms. The maximum Gasteiger partial charge on any atom is 0.277 e. The Morgan fingerprint density at radius 1 is 1.07 bits per heavy atom. The smallest absolute Gasteiger partial charge is 0.277 e. The first kappa shape index (κ1) is 18.9. The Morgan fingerprint density at radius 3 is 2.73 bits per heavy atom. The van der Waals surface area contributed by atoms with Gasteiger partial charge in [-0.15, -0.1) is 16.4 Å². The molecule has 1 aliphatic heterocycles. The number of aryl methyl sites for hydroxylation is 1. The van der Waals surface area contributed by atoms with Crippen molar-refractivity contribution in [2.24, 2.45) is 0 Å². The highest BCUT2D eigenvalue weighted by atomic mass is 32.1. The van der Waals surface area contributed by atoms with Gasteiger partial charge in [0, 0.05) is 13.0 Å². The van der Waals surface area contributed by atoms with E-state index in [9.17, 15) is 9.59 Å². The third kappa shape index (κ3) is 3.47. The summed E-state index contributed by atoms with van der Waals surface area (Å²) >= 11 is 1.66.